The molecule has 4 nitrogen and oxygen atoms in total. The molecule has 1 N–H and O–H groups in total. The van der Waals surface area contributed by atoms with Gasteiger partial charge in [0.05, 0.1) is 12.0 Å². The van der Waals surface area contributed by atoms with Gasteiger partial charge in [-0.3, -0.25) is 9.59 Å². The molecule has 20 heavy (non-hydrogen) atoms. The van der Waals surface area contributed by atoms with Gasteiger partial charge in [0.2, 0.25) is 5.91 Å². The molecule has 108 valence electrons. The van der Waals surface area contributed by atoms with Crippen molar-refractivity contribution in [3.8, 4) is 0 Å². The van der Waals surface area contributed by atoms with E-state index in [-0.39, 0.29) is 12.3 Å². The third kappa shape index (κ3) is 2.53. The minimum Gasteiger partial charge on any atom is -0.481 e. The van der Waals surface area contributed by atoms with Gasteiger partial charge in [-0.2, -0.15) is 0 Å². The Bertz CT molecular complexity index is 544. The van der Waals surface area contributed by atoms with E-state index in [2.05, 4.69) is 0 Å². The molecule has 1 saturated heterocycles. The van der Waals surface area contributed by atoms with Gasteiger partial charge in [0.1, 0.15) is 5.82 Å². The van der Waals surface area contributed by atoms with Crippen molar-refractivity contribution < 1.29 is 19.1 Å². The molecular weight excluding hydrogens is 261 g/mol. The van der Waals surface area contributed by atoms with Crippen LogP contribution in [0.5, 0.6) is 0 Å². The van der Waals surface area contributed by atoms with E-state index in [1.165, 1.54) is 11.0 Å². The van der Waals surface area contributed by atoms with Crippen LogP contribution in [0.1, 0.15) is 36.9 Å². The highest BCUT2D eigenvalue weighted by molar-refractivity contribution is 5.87. The second-order valence-corrected chi connectivity index (χ2v) is 5.21. The molecule has 0 radical (unpaired) electrons. The second-order valence-electron chi connectivity index (χ2n) is 5.21. The molecule has 2 unspecified atom stereocenters. The molecule has 2 rings (SSSR count). The summed E-state index contributed by atoms with van der Waals surface area (Å²) < 4.78 is 14.1. The molecule has 0 saturated carbocycles. The number of hydrogen-bond donors (Lipinski definition) is 1. The topological polar surface area (TPSA) is 57.6 Å². The van der Waals surface area contributed by atoms with E-state index in [4.69, 9.17) is 0 Å². The second kappa shape index (κ2) is 5.61. The lowest BCUT2D eigenvalue weighted by Crippen LogP contribution is -2.31. The number of amides is 1. The molecule has 2 atom stereocenters. The average Bonchev–Trinajstić information content (AvgIpc) is 2.71. The largest absolute Gasteiger partial charge is 0.481 e. The number of carbonyl (C=O) groups excluding carboxylic acids is 1. The van der Waals surface area contributed by atoms with Crippen LogP contribution in [-0.4, -0.2) is 28.4 Å². The molecule has 0 aliphatic carbocycles. The molecule has 1 fully saturated rings. The minimum atomic E-state index is -1.05. The van der Waals surface area contributed by atoms with Crippen molar-refractivity contribution in [2.75, 3.05) is 6.54 Å². The Kier molecular flexibility index (Phi) is 4.06. The molecule has 1 aliphatic rings. The van der Waals surface area contributed by atoms with Gasteiger partial charge in [0.15, 0.2) is 0 Å². The molecular formula is C15H18FNO3. The van der Waals surface area contributed by atoms with Crippen LogP contribution in [0.25, 0.3) is 0 Å². The lowest BCUT2D eigenvalue weighted by molar-refractivity contribution is -0.142. The SMILES string of the molecule is CCCN1C(=O)CC(C(=O)O)C1c1cc(C)ccc1F. The van der Waals surface area contributed by atoms with Gasteiger partial charge in [0.25, 0.3) is 0 Å². The zero-order chi connectivity index (χ0) is 14.9. The van der Waals surface area contributed by atoms with Gasteiger partial charge in [-0.1, -0.05) is 24.6 Å². The Labute approximate surface area is 117 Å². The number of benzene rings is 1. The van der Waals surface area contributed by atoms with Crippen molar-refractivity contribution in [3.63, 3.8) is 0 Å². The van der Waals surface area contributed by atoms with E-state index in [1.807, 2.05) is 13.8 Å². The zero-order valence-electron chi connectivity index (χ0n) is 11.6. The van der Waals surface area contributed by atoms with E-state index in [0.29, 0.717) is 18.5 Å². The Morgan fingerprint density at radius 2 is 2.20 bits per heavy atom. The third-order valence-electron chi connectivity index (χ3n) is 3.68. The molecule has 1 aliphatic heterocycles. The lowest BCUT2D eigenvalue weighted by atomic mass is 9.92. The summed E-state index contributed by atoms with van der Waals surface area (Å²) in [6, 6.07) is 3.89. The van der Waals surface area contributed by atoms with Crippen molar-refractivity contribution in [2.24, 2.45) is 5.92 Å². The van der Waals surface area contributed by atoms with E-state index in [1.54, 1.807) is 12.1 Å². The standard InChI is InChI=1S/C15H18FNO3/c1-3-6-17-13(18)8-11(15(19)20)14(17)10-7-9(2)4-5-12(10)16/h4-5,7,11,14H,3,6,8H2,1-2H3,(H,19,20). The maximum atomic E-state index is 14.1. The number of carbonyl (C=O) groups is 2. The summed E-state index contributed by atoms with van der Waals surface area (Å²) >= 11 is 0. The number of hydrogen-bond acceptors (Lipinski definition) is 2. The van der Waals surface area contributed by atoms with Crippen LogP contribution in [0.2, 0.25) is 0 Å². The number of likely N-dealkylation sites (tertiary alicyclic amines) is 1. The highest BCUT2D eigenvalue weighted by Crippen LogP contribution is 2.39. The molecule has 0 bridgehead atoms. The summed E-state index contributed by atoms with van der Waals surface area (Å²) in [7, 11) is 0. The van der Waals surface area contributed by atoms with Crippen LogP contribution >= 0.6 is 0 Å². The number of halogens is 1. The van der Waals surface area contributed by atoms with Gasteiger partial charge >= 0.3 is 5.97 Å². The van der Waals surface area contributed by atoms with E-state index >= 15 is 0 Å². The summed E-state index contributed by atoms with van der Waals surface area (Å²) in [5.74, 6) is -2.61. The lowest BCUT2D eigenvalue weighted by Gasteiger charge is -2.27. The number of aliphatic carboxylic acids is 1. The summed E-state index contributed by atoms with van der Waals surface area (Å²) in [5, 5.41) is 9.31. The van der Waals surface area contributed by atoms with Gasteiger partial charge in [-0.05, 0) is 19.4 Å². The van der Waals surface area contributed by atoms with Crippen LogP contribution in [-0.2, 0) is 9.59 Å². The van der Waals surface area contributed by atoms with Crippen LogP contribution < -0.4 is 0 Å². The molecule has 0 spiro atoms. The van der Waals surface area contributed by atoms with E-state index < -0.39 is 23.7 Å². The summed E-state index contributed by atoms with van der Waals surface area (Å²) in [6.45, 7) is 4.17. The normalized spacial score (nSPS) is 22.4. The summed E-state index contributed by atoms with van der Waals surface area (Å²) in [5.41, 5.74) is 1.15. The van der Waals surface area contributed by atoms with Gasteiger partial charge in [0, 0.05) is 18.5 Å². The smallest absolute Gasteiger partial charge is 0.309 e. The Balaban J connectivity index is 2.48. The van der Waals surface area contributed by atoms with Gasteiger partial charge in [-0.25, -0.2) is 4.39 Å². The van der Waals surface area contributed by atoms with Crippen LogP contribution in [0.3, 0.4) is 0 Å². The molecule has 1 amide bonds. The first kappa shape index (κ1) is 14.5. The van der Waals surface area contributed by atoms with Crippen molar-refractivity contribution >= 4 is 11.9 Å². The Morgan fingerprint density at radius 1 is 1.50 bits per heavy atom. The fraction of sp³-hybridized carbons (Fsp3) is 0.467. The fourth-order valence-electron chi connectivity index (χ4n) is 2.79. The maximum absolute atomic E-state index is 14.1. The summed E-state index contributed by atoms with van der Waals surface area (Å²) in [4.78, 5) is 24.9. The molecule has 5 heteroatoms. The van der Waals surface area contributed by atoms with E-state index in [0.717, 1.165) is 5.56 Å². The molecule has 1 aromatic carbocycles. The zero-order valence-corrected chi connectivity index (χ0v) is 11.6. The summed E-state index contributed by atoms with van der Waals surface area (Å²) in [6.07, 6.45) is 0.648. The predicted octanol–water partition coefficient (Wildman–Crippen LogP) is 2.52. The van der Waals surface area contributed by atoms with Gasteiger partial charge < -0.3 is 10.0 Å². The monoisotopic (exact) mass is 279 g/mol. The number of nitrogens with zero attached hydrogens (tertiary/aromatic N) is 1. The first-order valence-corrected chi connectivity index (χ1v) is 6.74. The maximum Gasteiger partial charge on any atom is 0.309 e. The van der Waals surface area contributed by atoms with E-state index in [9.17, 15) is 19.1 Å². The first-order chi connectivity index (χ1) is 9.45. The average molecular weight is 279 g/mol. The Hall–Kier alpha value is -1.91. The number of rotatable bonds is 4. The first-order valence-electron chi connectivity index (χ1n) is 6.74. The molecule has 0 aromatic heterocycles. The van der Waals surface area contributed by atoms with Crippen molar-refractivity contribution in [1.82, 2.24) is 4.90 Å². The third-order valence-corrected chi connectivity index (χ3v) is 3.68. The number of aryl methyl sites for hydroxylation is 1. The van der Waals surface area contributed by atoms with Crippen LogP contribution in [0, 0.1) is 18.7 Å². The van der Waals surface area contributed by atoms with Crippen LogP contribution in [0.4, 0.5) is 4.39 Å². The van der Waals surface area contributed by atoms with Crippen molar-refractivity contribution in [1.29, 1.82) is 0 Å². The Morgan fingerprint density at radius 3 is 2.80 bits per heavy atom. The number of carboxylic acids is 1. The predicted molar refractivity (Wildman–Crippen MR) is 71.6 cm³/mol. The highest BCUT2D eigenvalue weighted by atomic mass is 19.1. The minimum absolute atomic E-state index is 0.0621. The van der Waals surface area contributed by atoms with Crippen molar-refractivity contribution in [3.05, 3.63) is 35.1 Å². The van der Waals surface area contributed by atoms with Crippen molar-refractivity contribution in [2.45, 2.75) is 32.7 Å². The quantitative estimate of drug-likeness (QED) is 0.921. The van der Waals surface area contributed by atoms with Gasteiger partial charge in [-0.15, -0.1) is 0 Å². The van der Waals surface area contributed by atoms with Crippen LogP contribution in [0.15, 0.2) is 18.2 Å². The highest BCUT2D eigenvalue weighted by Gasteiger charge is 2.45. The molecule has 1 aromatic rings. The fourth-order valence-corrected chi connectivity index (χ4v) is 2.79. The molecule has 1 heterocycles. The number of carboxylic acid groups (broad SMARTS) is 1.